The number of hydrogen-bond donors (Lipinski definition) is 2. The van der Waals surface area contributed by atoms with Gasteiger partial charge in [-0.15, -0.1) is 23.7 Å². The molecule has 1 aliphatic carbocycles. The van der Waals surface area contributed by atoms with E-state index >= 15 is 0 Å². The quantitative estimate of drug-likeness (QED) is 0.256. The highest BCUT2D eigenvalue weighted by Gasteiger charge is 2.19. The second-order valence-corrected chi connectivity index (χ2v) is 9.36. The third kappa shape index (κ3) is 5.48. The number of ether oxygens (including phenoxy) is 2. The number of carbonyl (C=O) groups is 1. The molecule has 186 valence electrons. The van der Waals surface area contributed by atoms with Crippen LogP contribution in [0.3, 0.4) is 0 Å². The second-order valence-electron chi connectivity index (χ2n) is 8.38. The first-order chi connectivity index (χ1) is 17.1. The van der Waals surface area contributed by atoms with Crippen molar-refractivity contribution in [1.82, 2.24) is 4.98 Å². The lowest BCUT2D eigenvalue weighted by atomic mass is 9.92. The van der Waals surface area contributed by atoms with Crippen LogP contribution in [-0.4, -0.2) is 25.1 Å². The summed E-state index contributed by atoms with van der Waals surface area (Å²) in [5, 5.41) is 9.57. The average molecular weight is 522 g/mol. The fourth-order valence-corrected chi connectivity index (χ4v) is 5.05. The van der Waals surface area contributed by atoms with Gasteiger partial charge in [0.2, 0.25) is 5.91 Å². The van der Waals surface area contributed by atoms with E-state index in [0.717, 1.165) is 64.2 Å². The van der Waals surface area contributed by atoms with Gasteiger partial charge in [-0.25, -0.2) is 0 Å². The van der Waals surface area contributed by atoms with Crippen molar-refractivity contribution in [2.24, 2.45) is 0 Å². The average Bonchev–Trinajstić information content (AvgIpc) is 3.41. The minimum atomic E-state index is -0.168. The van der Waals surface area contributed by atoms with Crippen molar-refractivity contribution in [1.29, 1.82) is 0 Å². The Morgan fingerprint density at radius 2 is 1.81 bits per heavy atom. The lowest BCUT2D eigenvalue weighted by Gasteiger charge is -2.22. The summed E-state index contributed by atoms with van der Waals surface area (Å²) in [5.41, 5.74) is 5.94. The topological polar surface area (TPSA) is 72.5 Å². The second kappa shape index (κ2) is 11.5. The highest BCUT2D eigenvalue weighted by molar-refractivity contribution is 7.10. The SMILES string of the molecule is COc1ccc(Nc2c3c(nc4ccc(NC(=O)/C=C/c5cccs5)cc24)CCCC3)cc1OC.Cl. The maximum absolute atomic E-state index is 12.5. The van der Waals surface area contributed by atoms with E-state index in [0.29, 0.717) is 11.5 Å². The standard InChI is InChI=1S/C28H27N3O3S.ClH/c1-33-25-13-10-19(17-26(25)34-2)30-28-21-7-3-4-8-23(21)31-24-12-9-18(16-22(24)28)29-27(32)14-11-20-6-5-15-35-20;/h5-6,9-17H,3-4,7-8H2,1-2H3,(H,29,32)(H,30,31);1H/b14-11+;. The molecular weight excluding hydrogens is 494 g/mol. The zero-order chi connectivity index (χ0) is 24.2. The van der Waals surface area contributed by atoms with E-state index < -0.39 is 0 Å². The number of hydrogen-bond acceptors (Lipinski definition) is 6. The van der Waals surface area contributed by atoms with Crippen LogP contribution in [0.2, 0.25) is 0 Å². The van der Waals surface area contributed by atoms with Gasteiger partial charge in [0, 0.05) is 39.5 Å². The van der Waals surface area contributed by atoms with Gasteiger partial charge in [0.25, 0.3) is 0 Å². The lowest BCUT2D eigenvalue weighted by Crippen LogP contribution is -2.11. The highest BCUT2D eigenvalue weighted by Crippen LogP contribution is 2.38. The normalized spacial score (nSPS) is 12.6. The minimum Gasteiger partial charge on any atom is -0.493 e. The summed E-state index contributed by atoms with van der Waals surface area (Å²) >= 11 is 1.59. The number of aromatic nitrogens is 1. The van der Waals surface area contributed by atoms with Crippen molar-refractivity contribution < 1.29 is 14.3 Å². The van der Waals surface area contributed by atoms with E-state index in [-0.39, 0.29) is 18.3 Å². The molecule has 2 aromatic heterocycles. The largest absolute Gasteiger partial charge is 0.493 e. The van der Waals surface area contributed by atoms with Crippen molar-refractivity contribution >= 4 is 63.7 Å². The molecular formula is C28H28ClN3O3S. The molecule has 0 bridgehead atoms. The summed E-state index contributed by atoms with van der Waals surface area (Å²) in [6.07, 6.45) is 7.59. The number of methoxy groups -OCH3 is 2. The maximum Gasteiger partial charge on any atom is 0.248 e. The van der Waals surface area contributed by atoms with Crippen molar-refractivity contribution in [3.8, 4) is 11.5 Å². The molecule has 0 saturated heterocycles. The summed E-state index contributed by atoms with van der Waals surface area (Å²) in [6.45, 7) is 0. The van der Waals surface area contributed by atoms with Crippen LogP contribution in [0.1, 0.15) is 29.0 Å². The molecule has 0 radical (unpaired) electrons. The van der Waals surface area contributed by atoms with Gasteiger partial charge in [0.05, 0.1) is 25.4 Å². The molecule has 8 heteroatoms. The minimum absolute atomic E-state index is 0. The third-order valence-corrected chi connectivity index (χ3v) is 6.96. The Labute approximate surface area is 220 Å². The molecule has 1 amide bonds. The van der Waals surface area contributed by atoms with Gasteiger partial charge >= 0.3 is 0 Å². The lowest BCUT2D eigenvalue weighted by molar-refractivity contribution is -0.111. The first-order valence-corrected chi connectivity index (χ1v) is 12.5. The van der Waals surface area contributed by atoms with E-state index in [4.69, 9.17) is 14.5 Å². The summed E-state index contributed by atoms with van der Waals surface area (Å²) in [5.74, 6) is 1.17. The van der Waals surface area contributed by atoms with Crippen LogP contribution in [0.4, 0.5) is 17.1 Å². The fraction of sp³-hybridized carbons (Fsp3) is 0.214. The van der Waals surface area contributed by atoms with Crippen LogP contribution in [0.5, 0.6) is 11.5 Å². The number of nitrogens with zero attached hydrogens (tertiary/aromatic N) is 1. The molecule has 2 N–H and O–H groups in total. The number of nitrogens with one attached hydrogen (secondary N) is 2. The molecule has 2 heterocycles. The van der Waals surface area contributed by atoms with E-state index in [2.05, 4.69) is 10.6 Å². The Kier molecular flexibility index (Phi) is 8.13. The van der Waals surface area contributed by atoms with Crippen molar-refractivity contribution in [2.75, 3.05) is 24.9 Å². The molecule has 0 spiro atoms. The molecule has 0 aliphatic heterocycles. The zero-order valence-electron chi connectivity index (χ0n) is 20.2. The number of aryl methyl sites for hydroxylation is 1. The van der Waals surface area contributed by atoms with E-state index in [1.54, 1.807) is 31.6 Å². The van der Waals surface area contributed by atoms with Crippen LogP contribution in [0.15, 0.2) is 60.0 Å². The number of amides is 1. The Bertz CT molecular complexity index is 1400. The number of anilines is 3. The number of pyridine rings is 1. The Morgan fingerprint density at radius 1 is 1.00 bits per heavy atom. The molecule has 0 saturated carbocycles. The van der Waals surface area contributed by atoms with Crippen LogP contribution in [-0.2, 0) is 17.6 Å². The molecule has 2 aromatic carbocycles. The van der Waals surface area contributed by atoms with Crippen molar-refractivity contribution in [3.05, 3.63) is 76.1 Å². The molecule has 6 nitrogen and oxygen atoms in total. The molecule has 5 rings (SSSR count). The maximum atomic E-state index is 12.5. The Balaban J connectivity index is 0.00000304. The van der Waals surface area contributed by atoms with Gasteiger partial charge in [-0.3, -0.25) is 9.78 Å². The predicted molar refractivity (Wildman–Crippen MR) is 150 cm³/mol. The number of rotatable bonds is 7. The molecule has 0 fully saturated rings. The molecule has 0 atom stereocenters. The summed E-state index contributed by atoms with van der Waals surface area (Å²) in [7, 11) is 3.26. The van der Waals surface area contributed by atoms with Crippen LogP contribution >= 0.6 is 23.7 Å². The molecule has 1 aliphatic rings. The van der Waals surface area contributed by atoms with Gasteiger partial charge in [-0.2, -0.15) is 0 Å². The predicted octanol–water partition coefficient (Wildman–Crippen LogP) is 7.01. The first kappa shape index (κ1) is 25.5. The van der Waals surface area contributed by atoms with Crippen molar-refractivity contribution in [2.45, 2.75) is 25.7 Å². The monoisotopic (exact) mass is 521 g/mol. The van der Waals surface area contributed by atoms with Crippen molar-refractivity contribution in [3.63, 3.8) is 0 Å². The number of halogens is 1. The number of benzene rings is 2. The molecule has 36 heavy (non-hydrogen) atoms. The first-order valence-electron chi connectivity index (χ1n) is 11.6. The highest BCUT2D eigenvalue weighted by atomic mass is 35.5. The van der Waals surface area contributed by atoms with Crippen LogP contribution in [0, 0.1) is 0 Å². The van der Waals surface area contributed by atoms with Crippen LogP contribution < -0.4 is 20.1 Å². The van der Waals surface area contributed by atoms with E-state index in [1.807, 2.05) is 60.0 Å². The summed E-state index contributed by atoms with van der Waals surface area (Å²) < 4.78 is 10.9. The number of fused-ring (bicyclic) bond motifs is 2. The van der Waals surface area contributed by atoms with E-state index in [1.165, 1.54) is 5.56 Å². The van der Waals surface area contributed by atoms with Gasteiger partial charge in [-0.1, -0.05) is 6.07 Å². The van der Waals surface area contributed by atoms with Gasteiger partial charge in [0.15, 0.2) is 11.5 Å². The Hall–Kier alpha value is -3.55. The number of thiophene rings is 1. The van der Waals surface area contributed by atoms with E-state index in [9.17, 15) is 4.79 Å². The summed E-state index contributed by atoms with van der Waals surface area (Å²) in [4.78, 5) is 18.5. The molecule has 4 aromatic rings. The Morgan fingerprint density at radius 3 is 2.58 bits per heavy atom. The molecule has 0 unspecified atom stereocenters. The van der Waals surface area contributed by atoms with Gasteiger partial charge in [0.1, 0.15) is 0 Å². The third-order valence-electron chi connectivity index (χ3n) is 6.12. The zero-order valence-corrected chi connectivity index (χ0v) is 21.8. The van der Waals surface area contributed by atoms with Gasteiger partial charge in [-0.05, 0) is 79.1 Å². The van der Waals surface area contributed by atoms with Crippen LogP contribution in [0.25, 0.3) is 17.0 Å². The number of carbonyl (C=O) groups excluding carboxylic acids is 1. The fourth-order valence-electron chi connectivity index (χ4n) is 4.43. The smallest absolute Gasteiger partial charge is 0.248 e. The summed E-state index contributed by atoms with van der Waals surface area (Å²) in [6, 6.07) is 15.6. The van der Waals surface area contributed by atoms with Gasteiger partial charge < -0.3 is 20.1 Å².